The van der Waals surface area contributed by atoms with Crippen LogP contribution in [0.2, 0.25) is 0 Å². The maximum Gasteiger partial charge on any atom is 0.249 e. The maximum absolute atomic E-state index is 14.7. The van der Waals surface area contributed by atoms with Crippen LogP contribution in [0.1, 0.15) is 42.5 Å². The molecule has 0 N–H and O–H groups in total. The number of rotatable bonds is 6. The molecule has 0 aliphatic rings. The fraction of sp³-hybridized carbons (Fsp3) is 0.333. The van der Waals surface area contributed by atoms with E-state index < -0.39 is 29.2 Å². The SMILES string of the molecule is CCCCc1c(F)c(F)nc(C(C#N)c2ccc(OC)cc2)c1F. The summed E-state index contributed by atoms with van der Waals surface area (Å²) >= 11 is 0. The van der Waals surface area contributed by atoms with Crippen molar-refractivity contribution in [1.82, 2.24) is 4.98 Å². The lowest BCUT2D eigenvalue weighted by Crippen LogP contribution is -2.12. The number of pyridine rings is 1. The van der Waals surface area contributed by atoms with E-state index in [0.29, 0.717) is 24.2 Å². The first-order valence-electron chi connectivity index (χ1n) is 7.60. The molecule has 1 aromatic heterocycles. The molecule has 2 rings (SSSR count). The second-order valence-corrected chi connectivity index (χ2v) is 5.33. The molecule has 1 atom stereocenters. The average Bonchev–Trinajstić information content (AvgIpc) is 2.60. The zero-order chi connectivity index (χ0) is 17.7. The predicted octanol–water partition coefficient (Wildman–Crippen LogP) is 4.51. The van der Waals surface area contributed by atoms with Gasteiger partial charge in [0.25, 0.3) is 0 Å². The molecule has 0 amide bonds. The number of nitrogens with zero attached hydrogens (tertiary/aromatic N) is 2. The number of hydrogen-bond donors (Lipinski definition) is 0. The Hall–Kier alpha value is -2.55. The molecule has 2 aromatic rings. The minimum absolute atomic E-state index is 0.0569. The van der Waals surface area contributed by atoms with Gasteiger partial charge in [0.1, 0.15) is 17.4 Å². The van der Waals surface area contributed by atoms with Crippen LogP contribution in [0, 0.1) is 28.9 Å². The Morgan fingerprint density at radius 3 is 2.38 bits per heavy atom. The Bertz CT molecular complexity index is 754. The first kappa shape index (κ1) is 17.8. The van der Waals surface area contributed by atoms with E-state index in [2.05, 4.69) is 4.98 Å². The molecule has 0 saturated heterocycles. The van der Waals surface area contributed by atoms with Gasteiger partial charge in [-0.2, -0.15) is 9.65 Å². The Kier molecular flexibility index (Phi) is 5.80. The molecule has 24 heavy (non-hydrogen) atoms. The molecule has 1 unspecified atom stereocenters. The van der Waals surface area contributed by atoms with E-state index in [1.54, 1.807) is 24.3 Å². The van der Waals surface area contributed by atoms with Gasteiger partial charge >= 0.3 is 0 Å². The molecule has 1 heterocycles. The van der Waals surface area contributed by atoms with Crippen molar-refractivity contribution in [3.63, 3.8) is 0 Å². The van der Waals surface area contributed by atoms with E-state index in [-0.39, 0.29) is 12.0 Å². The summed E-state index contributed by atoms with van der Waals surface area (Å²) in [5.74, 6) is -4.18. The fourth-order valence-corrected chi connectivity index (χ4v) is 2.43. The lowest BCUT2D eigenvalue weighted by Gasteiger charge is -2.14. The van der Waals surface area contributed by atoms with Crippen LogP contribution in [0.3, 0.4) is 0 Å². The lowest BCUT2D eigenvalue weighted by atomic mass is 9.94. The summed E-state index contributed by atoms with van der Waals surface area (Å²) in [7, 11) is 1.49. The largest absolute Gasteiger partial charge is 0.497 e. The van der Waals surface area contributed by atoms with Gasteiger partial charge in [-0.1, -0.05) is 25.5 Å². The topological polar surface area (TPSA) is 45.9 Å². The molecular formula is C18H17F3N2O. The van der Waals surface area contributed by atoms with Crippen LogP contribution < -0.4 is 4.74 Å². The number of hydrogen-bond acceptors (Lipinski definition) is 3. The van der Waals surface area contributed by atoms with Gasteiger partial charge in [0, 0.05) is 5.56 Å². The second kappa shape index (κ2) is 7.82. The zero-order valence-electron chi connectivity index (χ0n) is 13.4. The van der Waals surface area contributed by atoms with Gasteiger partial charge in [0.05, 0.1) is 13.2 Å². The van der Waals surface area contributed by atoms with Crippen LogP contribution >= 0.6 is 0 Å². The molecular weight excluding hydrogens is 317 g/mol. The van der Waals surface area contributed by atoms with Gasteiger partial charge in [0.15, 0.2) is 11.6 Å². The quantitative estimate of drug-likeness (QED) is 0.730. The standard InChI is InChI=1S/C18H17F3N2O/c1-3-4-5-13-15(19)17(23-18(21)16(13)20)14(10-22)11-6-8-12(24-2)9-7-11/h6-9,14H,3-5H2,1-2H3. The molecule has 3 nitrogen and oxygen atoms in total. The van der Waals surface area contributed by atoms with E-state index in [0.717, 1.165) is 0 Å². The van der Waals surface area contributed by atoms with Crippen molar-refractivity contribution in [2.75, 3.05) is 7.11 Å². The van der Waals surface area contributed by atoms with Crippen molar-refractivity contribution < 1.29 is 17.9 Å². The van der Waals surface area contributed by atoms with Crippen LogP contribution in [0.25, 0.3) is 0 Å². The smallest absolute Gasteiger partial charge is 0.249 e. The van der Waals surface area contributed by atoms with Crippen molar-refractivity contribution in [1.29, 1.82) is 5.26 Å². The molecule has 0 saturated carbocycles. The number of benzene rings is 1. The van der Waals surface area contributed by atoms with Gasteiger partial charge < -0.3 is 4.74 Å². The van der Waals surface area contributed by atoms with Crippen LogP contribution in [0.5, 0.6) is 5.75 Å². The lowest BCUT2D eigenvalue weighted by molar-refractivity contribution is 0.414. The monoisotopic (exact) mass is 334 g/mol. The van der Waals surface area contributed by atoms with Crippen LogP contribution in [0.4, 0.5) is 13.2 Å². The average molecular weight is 334 g/mol. The number of methoxy groups -OCH3 is 1. The Morgan fingerprint density at radius 2 is 1.83 bits per heavy atom. The van der Waals surface area contributed by atoms with Crippen LogP contribution in [0.15, 0.2) is 24.3 Å². The van der Waals surface area contributed by atoms with Gasteiger partial charge in [0.2, 0.25) is 5.95 Å². The predicted molar refractivity (Wildman–Crippen MR) is 83.2 cm³/mol. The van der Waals surface area contributed by atoms with Crippen molar-refractivity contribution in [3.8, 4) is 11.8 Å². The summed E-state index contributed by atoms with van der Waals surface area (Å²) in [4.78, 5) is 3.36. The van der Waals surface area contributed by atoms with Gasteiger partial charge in [-0.05, 0) is 30.5 Å². The second-order valence-electron chi connectivity index (χ2n) is 5.33. The Labute approximate surface area is 138 Å². The van der Waals surface area contributed by atoms with Crippen LogP contribution in [-0.2, 0) is 6.42 Å². The normalized spacial score (nSPS) is 11.8. The molecule has 0 spiro atoms. The fourth-order valence-electron chi connectivity index (χ4n) is 2.43. The third-order valence-electron chi connectivity index (χ3n) is 3.79. The van der Waals surface area contributed by atoms with Gasteiger partial charge in [-0.15, -0.1) is 0 Å². The highest BCUT2D eigenvalue weighted by Gasteiger charge is 2.26. The number of aromatic nitrogens is 1. The summed E-state index contributed by atoms with van der Waals surface area (Å²) < 4.78 is 47.3. The van der Waals surface area contributed by atoms with Crippen LogP contribution in [-0.4, -0.2) is 12.1 Å². The third kappa shape index (κ3) is 3.51. The molecule has 0 bridgehead atoms. The summed E-state index contributed by atoms with van der Waals surface area (Å²) in [6.07, 6.45) is 1.27. The van der Waals surface area contributed by atoms with E-state index in [1.165, 1.54) is 7.11 Å². The van der Waals surface area contributed by atoms with Gasteiger partial charge in [-0.25, -0.2) is 13.8 Å². The molecule has 6 heteroatoms. The highest BCUT2D eigenvalue weighted by molar-refractivity contribution is 5.40. The Morgan fingerprint density at radius 1 is 1.17 bits per heavy atom. The summed E-state index contributed by atoms with van der Waals surface area (Å²) in [5, 5.41) is 9.41. The van der Waals surface area contributed by atoms with E-state index in [4.69, 9.17) is 4.74 Å². The summed E-state index contributed by atoms with van der Waals surface area (Å²) in [6, 6.07) is 8.26. The minimum atomic E-state index is -1.38. The molecule has 126 valence electrons. The molecule has 1 aromatic carbocycles. The molecule has 0 fully saturated rings. The van der Waals surface area contributed by atoms with Crippen molar-refractivity contribution in [3.05, 3.63) is 58.7 Å². The number of ether oxygens (including phenoxy) is 1. The first-order chi connectivity index (χ1) is 11.5. The summed E-state index contributed by atoms with van der Waals surface area (Å²) in [6.45, 7) is 1.86. The highest BCUT2D eigenvalue weighted by Crippen LogP contribution is 2.30. The van der Waals surface area contributed by atoms with E-state index in [9.17, 15) is 18.4 Å². The number of unbranched alkanes of at least 4 members (excludes halogenated alkanes) is 1. The van der Waals surface area contributed by atoms with E-state index >= 15 is 0 Å². The minimum Gasteiger partial charge on any atom is -0.497 e. The van der Waals surface area contributed by atoms with Crippen molar-refractivity contribution in [2.45, 2.75) is 32.1 Å². The summed E-state index contributed by atoms with van der Waals surface area (Å²) in [5.41, 5.74) is -0.321. The van der Waals surface area contributed by atoms with Crippen molar-refractivity contribution in [2.24, 2.45) is 0 Å². The van der Waals surface area contributed by atoms with Gasteiger partial charge in [-0.3, -0.25) is 0 Å². The zero-order valence-corrected chi connectivity index (χ0v) is 13.4. The molecule has 0 aliphatic carbocycles. The number of halogens is 3. The van der Waals surface area contributed by atoms with E-state index in [1.807, 2.05) is 13.0 Å². The Balaban J connectivity index is 2.51. The highest BCUT2D eigenvalue weighted by atomic mass is 19.2. The number of nitriles is 1. The first-order valence-corrected chi connectivity index (χ1v) is 7.60. The third-order valence-corrected chi connectivity index (χ3v) is 3.79. The maximum atomic E-state index is 14.7. The van der Waals surface area contributed by atoms with Crippen molar-refractivity contribution >= 4 is 0 Å². The molecule has 0 radical (unpaired) electrons. The molecule has 0 aliphatic heterocycles.